The van der Waals surface area contributed by atoms with Crippen LogP contribution in [0.5, 0.6) is 0 Å². The smallest absolute Gasteiger partial charge is 0.408 e. The molecule has 1 heterocycles. The number of imide groups is 1. The first-order chi connectivity index (χ1) is 9.51. The fourth-order valence-electron chi connectivity index (χ4n) is 1.64. The van der Waals surface area contributed by atoms with Crippen molar-refractivity contribution in [1.82, 2.24) is 10.2 Å². The largest absolute Gasteiger partial charge is 0.480 e. The average molecular weight is 298 g/mol. The highest BCUT2D eigenvalue weighted by Gasteiger charge is 2.32. The topological polar surface area (TPSA) is 113 Å². The molecule has 1 rings (SSSR count). The summed E-state index contributed by atoms with van der Waals surface area (Å²) in [6, 6.07) is -1.35. The van der Waals surface area contributed by atoms with E-state index < -0.39 is 35.5 Å². The Hall–Kier alpha value is -2.38. The van der Waals surface area contributed by atoms with Crippen molar-refractivity contribution in [2.75, 3.05) is 7.05 Å². The number of aliphatic carboxylic acids is 1. The van der Waals surface area contributed by atoms with Crippen LogP contribution in [0.4, 0.5) is 4.79 Å². The quantitative estimate of drug-likeness (QED) is 0.721. The highest BCUT2D eigenvalue weighted by molar-refractivity contribution is 6.16. The van der Waals surface area contributed by atoms with E-state index in [0.29, 0.717) is 0 Å². The molecular weight excluding hydrogens is 280 g/mol. The molecule has 0 radical (unpaired) electrons. The number of rotatable bonds is 4. The van der Waals surface area contributed by atoms with Gasteiger partial charge in [-0.3, -0.25) is 14.5 Å². The number of likely N-dealkylation sites (N-methyl/N-ethyl adjacent to an activating group) is 1. The predicted molar refractivity (Wildman–Crippen MR) is 71.3 cm³/mol. The lowest BCUT2D eigenvalue weighted by Gasteiger charge is -2.22. The summed E-state index contributed by atoms with van der Waals surface area (Å²) in [6.45, 7) is 4.91. The number of nitrogens with one attached hydrogen (secondary N) is 1. The van der Waals surface area contributed by atoms with Crippen LogP contribution < -0.4 is 5.32 Å². The third kappa shape index (κ3) is 4.59. The summed E-state index contributed by atoms with van der Waals surface area (Å²) in [6.07, 6.45) is -0.126. The zero-order valence-electron chi connectivity index (χ0n) is 12.3. The van der Waals surface area contributed by atoms with Crippen molar-refractivity contribution in [2.24, 2.45) is 0 Å². The second-order valence-corrected chi connectivity index (χ2v) is 5.61. The van der Waals surface area contributed by atoms with E-state index in [0.717, 1.165) is 11.0 Å². The molecule has 8 nitrogen and oxygen atoms in total. The molecule has 116 valence electrons. The summed E-state index contributed by atoms with van der Waals surface area (Å²) in [5, 5.41) is 11.3. The first kappa shape index (κ1) is 16.7. The van der Waals surface area contributed by atoms with Crippen molar-refractivity contribution in [3.05, 3.63) is 11.6 Å². The standard InChI is InChI=1S/C13H18N2O6/c1-13(2,3)21-12(20)14-8(11(18)19)5-7-6-9(16)15(4)10(7)17/h6,8H,5H2,1-4H3,(H,14,20)(H,18,19)/t8-/m0/s1. The molecule has 0 aromatic heterocycles. The summed E-state index contributed by atoms with van der Waals surface area (Å²) in [4.78, 5) is 46.6. The molecule has 0 aromatic rings. The van der Waals surface area contributed by atoms with Crippen LogP contribution in [0.2, 0.25) is 0 Å². The Morgan fingerprint density at radius 2 is 1.95 bits per heavy atom. The molecule has 3 amide bonds. The molecule has 21 heavy (non-hydrogen) atoms. The Kier molecular flexibility index (Phi) is 4.72. The third-order valence-electron chi connectivity index (χ3n) is 2.62. The van der Waals surface area contributed by atoms with Gasteiger partial charge in [0.2, 0.25) is 0 Å². The Morgan fingerprint density at radius 3 is 2.33 bits per heavy atom. The maximum atomic E-state index is 11.7. The molecule has 0 saturated heterocycles. The van der Waals surface area contributed by atoms with Crippen molar-refractivity contribution in [2.45, 2.75) is 38.8 Å². The molecule has 0 spiro atoms. The van der Waals surface area contributed by atoms with Gasteiger partial charge in [0.05, 0.1) is 0 Å². The van der Waals surface area contributed by atoms with Gasteiger partial charge >= 0.3 is 12.1 Å². The van der Waals surface area contributed by atoms with Crippen molar-refractivity contribution >= 4 is 23.9 Å². The van der Waals surface area contributed by atoms with Crippen molar-refractivity contribution in [3.8, 4) is 0 Å². The lowest BCUT2D eigenvalue weighted by molar-refractivity contribution is -0.139. The fraction of sp³-hybridized carbons (Fsp3) is 0.538. The predicted octanol–water partition coefficient (Wildman–Crippen LogP) is 0.279. The lowest BCUT2D eigenvalue weighted by atomic mass is 10.1. The SMILES string of the molecule is CN1C(=O)C=C(C[C@H](NC(=O)OC(C)(C)C)C(=O)O)C1=O. The molecule has 0 fully saturated rings. The molecule has 1 atom stereocenters. The monoisotopic (exact) mass is 298 g/mol. The van der Waals surface area contributed by atoms with E-state index in [9.17, 15) is 19.2 Å². The van der Waals surface area contributed by atoms with E-state index >= 15 is 0 Å². The lowest BCUT2D eigenvalue weighted by Crippen LogP contribution is -2.44. The van der Waals surface area contributed by atoms with E-state index in [2.05, 4.69) is 5.32 Å². The number of carbonyl (C=O) groups is 4. The number of amides is 3. The average Bonchev–Trinajstić information content (AvgIpc) is 2.53. The molecule has 0 saturated carbocycles. The van der Waals surface area contributed by atoms with Crippen LogP contribution in [0.3, 0.4) is 0 Å². The van der Waals surface area contributed by atoms with Crippen LogP contribution in [0.25, 0.3) is 0 Å². The van der Waals surface area contributed by atoms with Gasteiger partial charge in [0, 0.05) is 25.1 Å². The van der Waals surface area contributed by atoms with Crippen LogP contribution in [0, 0.1) is 0 Å². The second-order valence-electron chi connectivity index (χ2n) is 5.61. The van der Waals surface area contributed by atoms with Crippen LogP contribution in [-0.2, 0) is 19.1 Å². The van der Waals surface area contributed by atoms with Crippen molar-refractivity contribution < 1.29 is 29.0 Å². The van der Waals surface area contributed by atoms with Crippen LogP contribution >= 0.6 is 0 Å². The molecule has 1 aliphatic heterocycles. The first-order valence-corrected chi connectivity index (χ1v) is 6.26. The number of ether oxygens (including phenoxy) is 1. The van der Waals surface area contributed by atoms with Gasteiger partial charge in [-0.05, 0) is 20.8 Å². The van der Waals surface area contributed by atoms with Crippen molar-refractivity contribution in [3.63, 3.8) is 0 Å². The molecule has 2 N–H and O–H groups in total. The fourth-order valence-corrected chi connectivity index (χ4v) is 1.64. The van der Waals surface area contributed by atoms with Crippen LogP contribution in [0.15, 0.2) is 11.6 Å². The number of nitrogens with zero attached hydrogens (tertiary/aromatic N) is 1. The summed E-state index contributed by atoms with van der Waals surface area (Å²) >= 11 is 0. The molecule has 0 bridgehead atoms. The number of alkyl carbamates (subject to hydrolysis) is 1. The normalized spacial score (nSPS) is 16.6. The van der Waals surface area contributed by atoms with Crippen LogP contribution in [0.1, 0.15) is 27.2 Å². The van der Waals surface area contributed by atoms with E-state index in [1.807, 2.05) is 0 Å². The molecular formula is C13H18N2O6. The number of hydrogen-bond donors (Lipinski definition) is 2. The van der Waals surface area contributed by atoms with E-state index in [-0.39, 0.29) is 12.0 Å². The van der Waals surface area contributed by atoms with E-state index in [4.69, 9.17) is 9.84 Å². The first-order valence-electron chi connectivity index (χ1n) is 6.26. The minimum Gasteiger partial charge on any atom is -0.480 e. The van der Waals surface area contributed by atoms with Gasteiger partial charge in [0.15, 0.2) is 0 Å². The van der Waals surface area contributed by atoms with Crippen LogP contribution in [-0.4, -0.2) is 52.6 Å². The Labute approximate surface area is 121 Å². The molecule has 0 aliphatic carbocycles. The number of carbonyl (C=O) groups excluding carboxylic acids is 3. The maximum absolute atomic E-state index is 11.7. The van der Waals surface area contributed by atoms with Gasteiger partial charge in [-0.2, -0.15) is 0 Å². The van der Waals surface area contributed by atoms with Gasteiger partial charge in [-0.15, -0.1) is 0 Å². The van der Waals surface area contributed by atoms with Gasteiger partial charge in [0.25, 0.3) is 11.8 Å². The molecule has 0 aromatic carbocycles. The van der Waals surface area contributed by atoms with Gasteiger partial charge in [-0.25, -0.2) is 9.59 Å². The minimum absolute atomic E-state index is 0.0333. The van der Waals surface area contributed by atoms with Gasteiger partial charge in [-0.1, -0.05) is 0 Å². The summed E-state index contributed by atoms with van der Waals surface area (Å²) in [5.74, 6) is -2.41. The Balaban J connectivity index is 2.74. The highest BCUT2D eigenvalue weighted by Crippen LogP contribution is 2.17. The van der Waals surface area contributed by atoms with Gasteiger partial charge in [0.1, 0.15) is 11.6 Å². The second kappa shape index (κ2) is 5.94. The molecule has 0 unspecified atom stereocenters. The number of hydrogen-bond acceptors (Lipinski definition) is 5. The minimum atomic E-state index is -1.35. The summed E-state index contributed by atoms with van der Waals surface area (Å²) in [5.41, 5.74) is -0.739. The Bertz CT molecular complexity index is 517. The third-order valence-corrected chi connectivity index (χ3v) is 2.62. The maximum Gasteiger partial charge on any atom is 0.408 e. The number of carboxylic acid groups (broad SMARTS) is 1. The molecule has 8 heteroatoms. The summed E-state index contributed by atoms with van der Waals surface area (Å²) in [7, 11) is 1.30. The van der Waals surface area contributed by atoms with E-state index in [1.54, 1.807) is 20.8 Å². The zero-order valence-corrected chi connectivity index (χ0v) is 12.3. The highest BCUT2D eigenvalue weighted by atomic mass is 16.6. The summed E-state index contributed by atoms with van der Waals surface area (Å²) < 4.78 is 4.96. The molecule has 1 aliphatic rings. The van der Waals surface area contributed by atoms with Crippen molar-refractivity contribution in [1.29, 1.82) is 0 Å². The zero-order chi connectivity index (χ0) is 16.4. The van der Waals surface area contributed by atoms with Gasteiger partial charge < -0.3 is 15.2 Å². The number of carboxylic acids is 1. The van der Waals surface area contributed by atoms with E-state index in [1.165, 1.54) is 7.05 Å². The Morgan fingerprint density at radius 1 is 1.38 bits per heavy atom.